The van der Waals surface area contributed by atoms with Crippen LogP contribution in [0.15, 0.2) is 180 Å². The lowest BCUT2D eigenvalue weighted by atomic mass is 10.0. The summed E-state index contributed by atoms with van der Waals surface area (Å²) in [6.07, 6.45) is -11.3. The van der Waals surface area contributed by atoms with Crippen molar-refractivity contribution in [2.24, 2.45) is 0 Å². The molecule has 1 heterocycles. The van der Waals surface area contributed by atoms with Crippen LogP contribution in [0.5, 0.6) is 0 Å². The molecular formula is C79H108F9NO6S7. The summed E-state index contributed by atoms with van der Waals surface area (Å²) in [7, 11) is -8.92. The number of halogens is 9. The lowest BCUT2D eigenvalue weighted by molar-refractivity contribution is -0.138. The lowest BCUT2D eigenvalue weighted by Crippen LogP contribution is -2.12. The van der Waals surface area contributed by atoms with Gasteiger partial charge in [0.2, 0.25) is 0 Å². The van der Waals surface area contributed by atoms with Crippen molar-refractivity contribution >= 4 is 76.6 Å². The Morgan fingerprint density at radius 3 is 1.13 bits per heavy atom. The standard InChI is InChI=1S/C12H15F3O2S.C12H15F3OS.C12H15F3S.C11H16O2S.C11H16OS.C11H16S.C10H15NS/c1-4-18(16,17)11-7-9(12(13,14)15)5-6-10(11)8(2)3;1-4-17(16)11-7-9(12(13,14)15)5-6-10(11)8(2)3;1-4-16-11-7-9(12(13,14)15)5-6-10(11)8(2)3;1-4-14(12,13)11-8-6-5-7-10(11)9(2)3;1-4-13(12)11-8-6-5-7-10(11)9(2)3;1-4-12-11-8-6-5-7-10(11)9(2)3;1-4-12-9-6-5-7-11-10(9)8(2)3/h5-8H,4H2,1-3H3;5-8H,4H2,1-3H3;5-8H,4H2,1-3H3;5-9H,4H2,1-3H3;5-9H,4H2,1-3H3;5-9H,4H2,1-3H3;5-8H,4H2,1-3H3. The highest BCUT2D eigenvalue weighted by molar-refractivity contribution is 7.99. The molecular weight excluding hydrogens is 1450 g/mol. The molecule has 0 spiro atoms. The molecule has 23 heteroatoms. The van der Waals surface area contributed by atoms with Gasteiger partial charge in [0.05, 0.1) is 65.3 Å². The fraction of sp³-hybridized carbons (Fsp3) is 0.481. The number of alkyl halides is 9. The second-order valence-electron chi connectivity index (χ2n) is 25.2. The zero-order chi connectivity index (χ0) is 78.3. The third-order valence-electron chi connectivity index (χ3n) is 15.2. The highest BCUT2D eigenvalue weighted by atomic mass is 32.2. The van der Waals surface area contributed by atoms with Gasteiger partial charge < -0.3 is 0 Å². The molecule has 0 N–H and O–H groups in total. The van der Waals surface area contributed by atoms with Crippen molar-refractivity contribution in [3.05, 3.63) is 201 Å². The summed E-state index contributed by atoms with van der Waals surface area (Å²) in [5.41, 5.74) is 4.72. The van der Waals surface area contributed by atoms with Crippen LogP contribution in [0, 0.1) is 0 Å². The smallest absolute Gasteiger partial charge is 0.260 e. The molecule has 7 aromatic rings. The van der Waals surface area contributed by atoms with Gasteiger partial charge in [-0.05, 0) is 159 Å². The molecule has 102 heavy (non-hydrogen) atoms. The summed E-state index contributed by atoms with van der Waals surface area (Å²) in [6, 6.07) is 38.4. The fourth-order valence-electron chi connectivity index (χ4n) is 9.70. The van der Waals surface area contributed by atoms with Crippen molar-refractivity contribution in [3.8, 4) is 0 Å². The third kappa shape index (κ3) is 31.6. The van der Waals surface area contributed by atoms with Crippen LogP contribution >= 0.6 is 35.3 Å². The molecule has 0 fully saturated rings. The first-order chi connectivity index (χ1) is 47.4. The van der Waals surface area contributed by atoms with E-state index in [-0.39, 0.29) is 40.1 Å². The van der Waals surface area contributed by atoms with Gasteiger partial charge in [-0.1, -0.05) is 218 Å². The molecule has 0 bridgehead atoms. The Kier molecular flexibility index (Phi) is 42.5. The van der Waals surface area contributed by atoms with Crippen molar-refractivity contribution in [2.45, 2.75) is 240 Å². The average molecular weight is 1560 g/mol. The molecule has 0 radical (unpaired) electrons. The molecule has 2 unspecified atom stereocenters. The van der Waals surface area contributed by atoms with E-state index < -0.39 is 76.5 Å². The van der Waals surface area contributed by atoms with E-state index in [0.29, 0.717) is 44.6 Å². The molecule has 7 rings (SSSR count). The van der Waals surface area contributed by atoms with E-state index >= 15 is 0 Å². The maximum Gasteiger partial charge on any atom is 0.416 e. The number of sulfone groups is 2. The first kappa shape index (κ1) is 95.1. The number of thioether (sulfide) groups is 3. The van der Waals surface area contributed by atoms with E-state index in [1.165, 1.54) is 63.5 Å². The Balaban J connectivity index is 0.000000598. The zero-order valence-electron chi connectivity index (χ0n) is 63.0. The number of rotatable bonds is 21. The maximum atomic E-state index is 12.6. The topological polar surface area (TPSA) is 115 Å². The van der Waals surface area contributed by atoms with E-state index in [0.717, 1.165) is 74.1 Å². The van der Waals surface area contributed by atoms with Crippen LogP contribution in [0.2, 0.25) is 0 Å². The SMILES string of the molecule is CCS(=O)(=O)c1cc(C(F)(F)F)ccc1C(C)C.CCS(=O)(=O)c1ccccc1C(C)C.CCS(=O)c1cc(C(F)(F)F)ccc1C(C)C.CCS(=O)c1ccccc1C(C)C.CCSc1cc(C(F)(F)F)ccc1C(C)C.CCSc1ccccc1C(C)C.CCSc1cccnc1C(C)C. The summed E-state index contributed by atoms with van der Waals surface area (Å²) in [5, 5.41) is 0. The summed E-state index contributed by atoms with van der Waals surface area (Å²) >= 11 is 5.26. The third-order valence-corrected chi connectivity index (χ3v) is 24.4. The first-order valence-electron chi connectivity index (χ1n) is 34.3. The van der Waals surface area contributed by atoms with Gasteiger partial charge in [-0.15, -0.1) is 35.3 Å². The molecule has 6 aromatic carbocycles. The molecule has 0 saturated heterocycles. The van der Waals surface area contributed by atoms with Gasteiger partial charge in [0.25, 0.3) is 0 Å². The largest absolute Gasteiger partial charge is 0.416 e. The molecule has 570 valence electrons. The quantitative estimate of drug-likeness (QED) is 0.0509. The predicted molar refractivity (Wildman–Crippen MR) is 415 cm³/mol. The van der Waals surface area contributed by atoms with E-state index in [4.69, 9.17) is 0 Å². The molecule has 0 aliphatic heterocycles. The molecule has 0 amide bonds. The Morgan fingerprint density at radius 2 is 0.686 bits per heavy atom. The van der Waals surface area contributed by atoms with Gasteiger partial charge in [0.15, 0.2) is 19.7 Å². The van der Waals surface area contributed by atoms with Crippen LogP contribution in [0.1, 0.15) is 243 Å². The summed E-state index contributed by atoms with van der Waals surface area (Å²) in [5.74, 6) is 6.04. The van der Waals surface area contributed by atoms with Gasteiger partial charge in [-0.3, -0.25) is 13.4 Å². The average Bonchev–Trinajstić information content (AvgIpc) is 0.799. The summed E-state index contributed by atoms with van der Waals surface area (Å²) in [6.45, 7) is 41.4. The summed E-state index contributed by atoms with van der Waals surface area (Å²) in [4.78, 5) is 9.46. The van der Waals surface area contributed by atoms with Gasteiger partial charge in [0.1, 0.15) is 0 Å². The van der Waals surface area contributed by atoms with E-state index in [9.17, 15) is 64.8 Å². The number of hydrogen-bond acceptors (Lipinski definition) is 10. The van der Waals surface area contributed by atoms with Crippen molar-refractivity contribution in [1.82, 2.24) is 4.98 Å². The predicted octanol–water partition coefficient (Wildman–Crippen LogP) is 25.3. The zero-order valence-corrected chi connectivity index (χ0v) is 68.7. The number of pyridine rings is 1. The Bertz CT molecular complexity index is 3870. The number of hydrogen-bond donors (Lipinski definition) is 0. The molecule has 1 aromatic heterocycles. The van der Waals surface area contributed by atoms with E-state index in [1.54, 1.807) is 45.9 Å². The van der Waals surface area contributed by atoms with Crippen LogP contribution < -0.4 is 0 Å². The number of aromatic nitrogens is 1. The van der Waals surface area contributed by atoms with Crippen LogP contribution in [0.3, 0.4) is 0 Å². The number of benzene rings is 6. The van der Waals surface area contributed by atoms with Gasteiger partial charge in [0, 0.05) is 42.2 Å². The van der Waals surface area contributed by atoms with Crippen LogP contribution in [-0.2, 0) is 59.8 Å². The van der Waals surface area contributed by atoms with Gasteiger partial charge in [-0.25, -0.2) is 16.8 Å². The molecule has 0 saturated carbocycles. The van der Waals surface area contributed by atoms with Gasteiger partial charge in [-0.2, -0.15) is 39.5 Å². The Hall–Kier alpha value is -4.91. The summed E-state index contributed by atoms with van der Waals surface area (Å²) < 4.78 is 184. The second kappa shape index (κ2) is 45.6. The minimum absolute atomic E-state index is 0.0581. The highest BCUT2D eigenvalue weighted by Crippen LogP contribution is 2.39. The minimum Gasteiger partial charge on any atom is -0.260 e. The fourth-order valence-corrected chi connectivity index (χ4v) is 17.4. The van der Waals surface area contributed by atoms with Crippen LogP contribution in [0.25, 0.3) is 0 Å². The van der Waals surface area contributed by atoms with E-state index in [2.05, 4.69) is 96.8 Å². The second-order valence-corrected chi connectivity index (χ2v) is 37.0. The lowest BCUT2D eigenvalue weighted by Gasteiger charge is -2.15. The number of nitrogens with zero attached hydrogens (tertiary/aromatic N) is 1. The van der Waals surface area contributed by atoms with Crippen molar-refractivity contribution in [1.29, 1.82) is 0 Å². The molecule has 7 nitrogen and oxygen atoms in total. The van der Waals surface area contributed by atoms with Crippen LogP contribution in [-0.4, -0.2) is 70.5 Å². The molecule has 0 aliphatic carbocycles. The first-order valence-corrected chi connectivity index (χ1v) is 43.2. The highest BCUT2D eigenvalue weighted by Gasteiger charge is 2.34. The van der Waals surface area contributed by atoms with E-state index in [1.807, 2.05) is 122 Å². The Labute approximate surface area is 623 Å². The normalized spacial score (nSPS) is 12.4. The monoisotopic (exact) mass is 1560 g/mol. The van der Waals surface area contributed by atoms with Crippen LogP contribution in [0.4, 0.5) is 39.5 Å². The Morgan fingerprint density at radius 1 is 0.353 bits per heavy atom. The molecule has 0 aliphatic rings. The van der Waals surface area contributed by atoms with Crippen molar-refractivity contribution in [2.75, 3.05) is 40.3 Å². The van der Waals surface area contributed by atoms with Crippen molar-refractivity contribution in [3.63, 3.8) is 0 Å². The minimum atomic E-state index is -4.53. The van der Waals surface area contributed by atoms with Crippen molar-refractivity contribution < 1.29 is 64.8 Å². The van der Waals surface area contributed by atoms with Gasteiger partial charge >= 0.3 is 18.5 Å². The maximum absolute atomic E-state index is 12.6. The molecule has 2 atom stereocenters.